The SMILES string of the molecule is COc1ccc(C2(c3ccc(C)cc3)C=Cc3c4c(c5cc6c(cc5c3O2)OC(CO)O6)-c2ccccc2C42CC(C)(C)CC(C)(C)C2)cc1. The molecule has 5 heteroatoms. The van der Waals surface area contributed by atoms with Gasteiger partial charge in [0, 0.05) is 27.5 Å². The van der Waals surface area contributed by atoms with E-state index >= 15 is 0 Å². The van der Waals surface area contributed by atoms with E-state index in [-0.39, 0.29) is 22.9 Å². The molecule has 254 valence electrons. The molecule has 0 saturated heterocycles. The van der Waals surface area contributed by atoms with Gasteiger partial charge in [-0.2, -0.15) is 0 Å². The van der Waals surface area contributed by atoms with E-state index in [0.29, 0.717) is 11.5 Å². The molecule has 50 heavy (non-hydrogen) atoms. The van der Waals surface area contributed by atoms with Crippen molar-refractivity contribution in [2.24, 2.45) is 10.8 Å². The quantitative estimate of drug-likeness (QED) is 0.207. The molecule has 2 aliphatic heterocycles. The summed E-state index contributed by atoms with van der Waals surface area (Å²) in [5.74, 6) is 2.89. The Labute approximate surface area is 294 Å². The second-order valence-electron chi connectivity index (χ2n) is 16.4. The third-order valence-electron chi connectivity index (χ3n) is 11.5. The van der Waals surface area contributed by atoms with Gasteiger partial charge in [-0.3, -0.25) is 0 Å². The smallest absolute Gasteiger partial charge is 0.264 e. The van der Waals surface area contributed by atoms with E-state index in [9.17, 15) is 5.11 Å². The molecule has 1 saturated carbocycles. The largest absolute Gasteiger partial charge is 0.497 e. The van der Waals surface area contributed by atoms with Gasteiger partial charge >= 0.3 is 0 Å². The first-order valence-electron chi connectivity index (χ1n) is 17.8. The Morgan fingerprint density at radius 3 is 2.04 bits per heavy atom. The normalized spacial score (nSPS) is 22.9. The topological polar surface area (TPSA) is 57.2 Å². The Kier molecular flexibility index (Phi) is 6.65. The molecule has 2 unspecified atom stereocenters. The van der Waals surface area contributed by atoms with E-state index < -0.39 is 11.9 Å². The van der Waals surface area contributed by atoms with Crippen LogP contribution in [0.25, 0.3) is 28.0 Å². The number of rotatable bonds is 4. The van der Waals surface area contributed by atoms with Gasteiger partial charge in [0.2, 0.25) is 0 Å². The molecule has 0 bridgehead atoms. The maximum Gasteiger partial charge on any atom is 0.264 e. The Morgan fingerprint density at radius 1 is 0.780 bits per heavy atom. The number of aliphatic hydroxyl groups is 1. The van der Waals surface area contributed by atoms with E-state index in [1.165, 1.54) is 27.8 Å². The Bertz CT molecular complexity index is 2190. The number of benzene rings is 5. The number of aliphatic hydroxyl groups excluding tert-OH is 1. The van der Waals surface area contributed by atoms with Crippen LogP contribution in [-0.2, 0) is 11.0 Å². The molecule has 4 aliphatic rings. The van der Waals surface area contributed by atoms with Gasteiger partial charge < -0.3 is 24.1 Å². The van der Waals surface area contributed by atoms with Gasteiger partial charge in [-0.1, -0.05) is 100.0 Å². The fraction of sp³-hybridized carbons (Fsp3) is 0.333. The lowest BCUT2D eigenvalue weighted by Crippen LogP contribution is -2.44. The summed E-state index contributed by atoms with van der Waals surface area (Å²) in [5.41, 5.74) is 8.78. The molecular formula is C45H44O5. The molecule has 0 radical (unpaired) electrons. The van der Waals surface area contributed by atoms with Crippen LogP contribution < -0.4 is 18.9 Å². The molecule has 0 amide bonds. The minimum atomic E-state index is -0.901. The van der Waals surface area contributed by atoms with Gasteiger partial charge in [-0.15, -0.1) is 0 Å². The molecule has 9 rings (SSSR count). The van der Waals surface area contributed by atoms with Crippen LogP contribution in [0.4, 0.5) is 0 Å². The zero-order valence-electron chi connectivity index (χ0n) is 29.7. The maximum absolute atomic E-state index is 10.0. The highest BCUT2D eigenvalue weighted by Gasteiger charge is 2.55. The Hall–Kier alpha value is -4.74. The third kappa shape index (κ3) is 4.48. The van der Waals surface area contributed by atoms with E-state index in [0.717, 1.165) is 58.2 Å². The zero-order valence-corrected chi connectivity index (χ0v) is 29.7. The highest BCUT2D eigenvalue weighted by molar-refractivity contribution is 6.09. The van der Waals surface area contributed by atoms with Crippen molar-refractivity contribution in [2.75, 3.05) is 13.7 Å². The summed E-state index contributed by atoms with van der Waals surface area (Å²) in [4.78, 5) is 0. The fourth-order valence-electron chi connectivity index (χ4n) is 10.3. The van der Waals surface area contributed by atoms with Gasteiger partial charge in [0.1, 0.15) is 18.1 Å². The summed E-state index contributed by atoms with van der Waals surface area (Å²) < 4.78 is 25.4. The monoisotopic (exact) mass is 664 g/mol. The van der Waals surface area contributed by atoms with Gasteiger partial charge in [0.25, 0.3) is 6.29 Å². The second-order valence-corrected chi connectivity index (χ2v) is 16.4. The van der Waals surface area contributed by atoms with E-state index in [1.54, 1.807) is 7.11 Å². The van der Waals surface area contributed by atoms with Crippen LogP contribution in [0.3, 0.4) is 0 Å². The van der Waals surface area contributed by atoms with Crippen LogP contribution in [0.5, 0.6) is 23.0 Å². The second kappa shape index (κ2) is 10.6. The van der Waals surface area contributed by atoms with Crippen molar-refractivity contribution in [1.82, 2.24) is 0 Å². The van der Waals surface area contributed by atoms with Crippen LogP contribution in [0.2, 0.25) is 0 Å². The number of hydrogen-bond acceptors (Lipinski definition) is 5. The molecule has 2 heterocycles. The number of aryl methyl sites for hydroxylation is 1. The standard InChI is InChI=1S/C45H44O5/c1-27-11-13-28(14-12-27)45(29-15-17-30(47-6)18-16-29)20-19-32-40-39(33-21-36-37(49-38(23-46)48-36)22-34(33)41(32)50-45)31-9-7-8-10-35(31)44(40)25-42(2,3)24-43(4,5)26-44/h7-22,38,46H,23-26H2,1-6H3. The van der Waals surface area contributed by atoms with Crippen molar-refractivity contribution >= 4 is 16.8 Å². The van der Waals surface area contributed by atoms with Crippen molar-refractivity contribution in [3.63, 3.8) is 0 Å². The summed E-state index contributed by atoms with van der Waals surface area (Å²) in [6.07, 6.45) is 7.10. The first-order chi connectivity index (χ1) is 24.0. The van der Waals surface area contributed by atoms with Gasteiger partial charge in [-0.25, -0.2) is 0 Å². The van der Waals surface area contributed by atoms with Crippen LogP contribution in [-0.4, -0.2) is 25.1 Å². The molecular weight excluding hydrogens is 620 g/mol. The molecule has 1 N–H and O–H groups in total. The zero-order chi connectivity index (χ0) is 34.6. The summed E-state index contributed by atoms with van der Waals surface area (Å²) >= 11 is 0. The van der Waals surface area contributed by atoms with Gasteiger partial charge in [0.15, 0.2) is 17.1 Å². The minimum absolute atomic E-state index is 0.121. The predicted molar refractivity (Wildman–Crippen MR) is 198 cm³/mol. The lowest BCUT2D eigenvalue weighted by Gasteiger charge is -2.52. The Balaban J connectivity index is 1.38. The summed E-state index contributed by atoms with van der Waals surface area (Å²) in [5, 5.41) is 12.0. The molecule has 5 aromatic rings. The van der Waals surface area contributed by atoms with Crippen molar-refractivity contribution in [3.05, 3.63) is 124 Å². The summed E-state index contributed by atoms with van der Waals surface area (Å²) in [6.45, 7) is 11.6. The Morgan fingerprint density at radius 2 is 1.40 bits per heavy atom. The van der Waals surface area contributed by atoms with Crippen molar-refractivity contribution < 1.29 is 24.1 Å². The first-order valence-corrected chi connectivity index (χ1v) is 17.8. The average molecular weight is 665 g/mol. The molecule has 2 aliphatic carbocycles. The van der Waals surface area contributed by atoms with E-state index in [4.69, 9.17) is 18.9 Å². The van der Waals surface area contributed by atoms with Crippen LogP contribution in [0.15, 0.2) is 91.0 Å². The summed E-state index contributed by atoms with van der Waals surface area (Å²) in [6, 6.07) is 30.1. The molecule has 1 spiro atoms. The molecule has 5 nitrogen and oxygen atoms in total. The number of fused-ring (bicyclic) bond motifs is 11. The number of ether oxygens (including phenoxy) is 4. The summed E-state index contributed by atoms with van der Waals surface area (Å²) in [7, 11) is 1.69. The third-order valence-corrected chi connectivity index (χ3v) is 11.5. The molecule has 5 aromatic carbocycles. The first kappa shape index (κ1) is 31.3. The highest BCUT2D eigenvalue weighted by Crippen LogP contribution is 2.67. The lowest BCUT2D eigenvalue weighted by atomic mass is 9.52. The van der Waals surface area contributed by atoms with Gasteiger partial charge in [-0.05, 0) is 95.0 Å². The van der Waals surface area contributed by atoms with Crippen molar-refractivity contribution in [1.29, 1.82) is 0 Å². The predicted octanol–water partition coefficient (Wildman–Crippen LogP) is 10.1. The number of methoxy groups -OCH3 is 1. The van der Waals surface area contributed by atoms with Gasteiger partial charge in [0.05, 0.1) is 7.11 Å². The molecule has 2 atom stereocenters. The van der Waals surface area contributed by atoms with Crippen LogP contribution in [0.1, 0.15) is 80.3 Å². The van der Waals surface area contributed by atoms with E-state index in [1.807, 2.05) is 12.1 Å². The molecule has 0 aromatic heterocycles. The van der Waals surface area contributed by atoms with Crippen molar-refractivity contribution in [3.8, 4) is 34.1 Å². The highest BCUT2D eigenvalue weighted by atomic mass is 16.7. The van der Waals surface area contributed by atoms with Crippen LogP contribution in [0, 0.1) is 17.8 Å². The minimum Gasteiger partial charge on any atom is -0.497 e. The van der Waals surface area contributed by atoms with Crippen molar-refractivity contribution in [2.45, 2.75) is 71.2 Å². The molecule has 1 fully saturated rings. The number of hydrogen-bond donors (Lipinski definition) is 1. The maximum atomic E-state index is 10.0. The van der Waals surface area contributed by atoms with E-state index in [2.05, 4.69) is 120 Å². The van der Waals surface area contributed by atoms with Crippen LogP contribution >= 0.6 is 0 Å². The average Bonchev–Trinajstić information content (AvgIpc) is 3.62. The fourth-order valence-corrected chi connectivity index (χ4v) is 10.3. The lowest BCUT2D eigenvalue weighted by molar-refractivity contribution is -0.000748.